The summed E-state index contributed by atoms with van der Waals surface area (Å²) >= 11 is 0. The Hall–Kier alpha value is -2.60. The van der Waals surface area contributed by atoms with E-state index in [0.717, 1.165) is 67.9 Å². The molecule has 0 saturated carbocycles. The van der Waals surface area contributed by atoms with E-state index in [0.29, 0.717) is 18.2 Å². The van der Waals surface area contributed by atoms with Gasteiger partial charge in [-0.05, 0) is 73.7 Å². The van der Waals surface area contributed by atoms with Crippen molar-refractivity contribution >= 4 is 5.91 Å². The molecule has 0 spiro atoms. The summed E-state index contributed by atoms with van der Waals surface area (Å²) in [6.07, 6.45) is 3.28. The lowest BCUT2D eigenvalue weighted by molar-refractivity contribution is 0.0756. The Labute approximate surface area is 170 Å². The number of hydrogen-bond donors (Lipinski definition) is 0. The molecule has 0 N–H and O–H groups in total. The lowest BCUT2D eigenvalue weighted by Crippen LogP contribution is -2.35. The van der Waals surface area contributed by atoms with Gasteiger partial charge in [0.25, 0.3) is 5.91 Å². The maximum Gasteiger partial charge on any atom is 0.254 e. The minimum Gasteiger partial charge on any atom is -0.454 e. The summed E-state index contributed by atoms with van der Waals surface area (Å²) in [6.45, 7) is 4.53. The van der Waals surface area contributed by atoms with Crippen LogP contribution in [0.4, 0.5) is 4.39 Å². The number of fused-ring (bicyclic) bond motifs is 2. The molecule has 2 aromatic rings. The first-order valence-corrected chi connectivity index (χ1v) is 10.3. The van der Waals surface area contributed by atoms with Crippen LogP contribution in [0.5, 0.6) is 11.5 Å². The number of likely N-dealkylation sites (tertiary alicyclic amines) is 1. The van der Waals surface area contributed by atoms with E-state index >= 15 is 0 Å². The van der Waals surface area contributed by atoms with Crippen molar-refractivity contribution in [3.05, 3.63) is 58.9 Å². The maximum absolute atomic E-state index is 13.4. The molecule has 3 aliphatic rings. The molecule has 0 bridgehead atoms. The fourth-order valence-electron chi connectivity index (χ4n) is 4.61. The molecule has 1 saturated heterocycles. The average Bonchev–Trinajstić information content (AvgIpc) is 3.30. The molecule has 0 radical (unpaired) electrons. The van der Waals surface area contributed by atoms with Crippen molar-refractivity contribution in [2.24, 2.45) is 5.92 Å². The lowest BCUT2D eigenvalue weighted by atomic mass is 9.93. The normalized spacial score (nSPS) is 19.1. The molecule has 5 nitrogen and oxygen atoms in total. The minimum atomic E-state index is -0.169. The molecule has 152 valence electrons. The predicted molar refractivity (Wildman–Crippen MR) is 106 cm³/mol. The number of carbonyl (C=O) groups excluding carboxylic acids is 1. The third kappa shape index (κ3) is 3.81. The van der Waals surface area contributed by atoms with Gasteiger partial charge in [0, 0.05) is 25.2 Å². The van der Waals surface area contributed by atoms with Crippen molar-refractivity contribution in [3.63, 3.8) is 0 Å². The number of hydrogen-bond acceptors (Lipinski definition) is 4. The Morgan fingerprint density at radius 3 is 2.66 bits per heavy atom. The van der Waals surface area contributed by atoms with E-state index in [9.17, 15) is 9.18 Å². The topological polar surface area (TPSA) is 42.0 Å². The predicted octanol–water partition coefficient (Wildman–Crippen LogP) is 3.81. The molecule has 2 aromatic carbocycles. The standard InChI is InChI=1S/C23H25FN2O3/c24-19-3-1-2-17(10-19)13-25-7-4-16(5-8-25)6-9-26-14-18-11-21-22(29-15-28-21)12-20(18)23(26)27/h1-3,10-12,16H,4-9,13-15H2. The fraction of sp³-hybridized carbons (Fsp3) is 0.435. The van der Waals surface area contributed by atoms with E-state index in [4.69, 9.17) is 9.47 Å². The van der Waals surface area contributed by atoms with Crippen LogP contribution in [0.15, 0.2) is 36.4 Å². The number of nitrogens with zero attached hydrogens (tertiary/aromatic N) is 2. The Balaban J connectivity index is 1.11. The Morgan fingerprint density at radius 2 is 1.86 bits per heavy atom. The molecule has 29 heavy (non-hydrogen) atoms. The summed E-state index contributed by atoms with van der Waals surface area (Å²) in [5.74, 6) is 1.97. The molecule has 0 atom stereocenters. The van der Waals surface area contributed by atoms with E-state index in [2.05, 4.69) is 4.90 Å². The summed E-state index contributed by atoms with van der Waals surface area (Å²) in [4.78, 5) is 17.1. The quantitative estimate of drug-likeness (QED) is 0.771. The third-order valence-electron chi connectivity index (χ3n) is 6.29. The van der Waals surface area contributed by atoms with Gasteiger partial charge in [0.15, 0.2) is 11.5 Å². The lowest BCUT2D eigenvalue weighted by Gasteiger charge is -2.32. The van der Waals surface area contributed by atoms with E-state index in [1.807, 2.05) is 23.1 Å². The van der Waals surface area contributed by atoms with Gasteiger partial charge in [-0.3, -0.25) is 9.69 Å². The van der Waals surface area contributed by atoms with Crippen LogP contribution in [0.1, 0.15) is 40.7 Å². The second-order valence-corrected chi connectivity index (χ2v) is 8.23. The van der Waals surface area contributed by atoms with Crippen LogP contribution in [-0.4, -0.2) is 42.1 Å². The maximum atomic E-state index is 13.4. The summed E-state index contributed by atoms with van der Waals surface area (Å²) < 4.78 is 24.2. The first-order valence-electron chi connectivity index (χ1n) is 10.3. The molecule has 5 rings (SSSR count). The van der Waals surface area contributed by atoms with Crippen LogP contribution in [0.3, 0.4) is 0 Å². The van der Waals surface area contributed by atoms with Gasteiger partial charge in [0.1, 0.15) is 5.82 Å². The molecule has 0 aromatic heterocycles. The Morgan fingerprint density at radius 1 is 1.07 bits per heavy atom. The van der Waals surface area contributed by atoms with Crippen molar-refractivity contribution in [2.75, 3.05) is 26.4 Å². The molecule has 0 unspecified atom stereocenters. The van der Waals surface area contributed by atoms with Gasteiger partial charge in [0.2, 0.25) is 6.79 Å². The van der Waals surface area contributed by atoms with Gasteiger partial charge in [-0.2, -0.15) is 0 Å². The smallest absolute Gasteiger partial charge is 0.254 e. The number of carbonyl (C=O) groups is 1. The van der Waals surface area contributed by atoms with Crippen molar-refractivity contribution in [1.82, 2.24) is 9.80 Å². The van der Waals surface area contributed by atoms with E-state index in [1.165, 1.54) is 6.07 Å². The summed E-state index contributed by atoms with van der Waals surface area (Å²) in [5.41, 5.74) is 2.81. The molecule has 3 heterocycles. The van der Waals surface area contributed by atoms with E-state index in [-0.39, 0.29) is 18.5 Å². The first kappa shape index (κ1) is 18.4. The number of rotatable bonds is 5. The second-order valence-electron chi connectivity index (χ2n) is 8.23. The number of benzene rings is 2. The largest absolute Gasteiger partial charge is 0.454 e. The van der Waals surface area contributed by atoms with Gasteiger partial charge in [-0.25, -0.2) is 4.39 Å². The highest BCUT2D eigenvalue weighted by Crippen LogP contribution is 2.38. The highest BCUT2D eigenvalue weighted by Gasteiger charge is 2.31. The molecular weight excluding hydrogens is 371 g/mol. The average molecular weight is 396 g/mol. The molecular formula is C23H25FN2O3. The zero-order valence-corrected chi connectivity index (χ0v) is 16.4. The first-order chi connectivity index (χ1) is 14.2. The van der Waals surface area contributed by atoms with E-state index in [1.54, 1.807) is 12.1 Å². The zero-order valence-electron chi connectivity index (χ0n) is 16.4. The number of piperidine rings is 1. The summed E-state index contributed by atoms with van der Waals surface area (Å²) in [6, 6.07) is 10.6. The van der Waals surface area contributed by atoms with Gasteiger partial charge < -0.3 is 14.4 Å². The van der Waals surface area contributed by atoms with Gasteiger partial charge in [-0.15, -0.1) is 0 Å². The van der Waals surface area contributed by atoms with Crippen LogP contribution >= 0.6 is 0 Å². The zero-order chi connectivity index (χ0) is 19.8. The van der Waals surface area contributed by atoms with Crippen LogP contribution in [-0.2, 0) is 13.1 Å². The van der Waals surface area contributed by atoms with Crippen molar-refractivity contribution in [1.29, 1.82) is 0 Å². The van der Waals surface area contributed by atoms with Crippen LogP contribution in [0, 0.1) is 11.7 Å². The monoisotopic (exact) mass is 396 g/mol. The Bertz CT molecular complexity index is 924. The van der Waals surface area contributed by atoms with Gasteiger partial charge >= 0.3 is 0 Å². The molecule has 1 fully saturated rings. The number of ether oxygens (including phenoxy) is 2. The van der Waals surface area contributed by atoms with E-state index < -0.39 is 0 Å². The van der Waals surface area contributed by atoms with Crippen molar-refractivity contribution in [3.8, 4) is 11.5 Å². The van der Waals surface area contributed by atoms with Crippen LogP contribution in [0.25, 0.3) is 0 Å². The second kappa shape index (κ2) is 7.67. The molecule has 0 aliphatic carbocycles. The minimum absolute atomic E-state index is 0.0989. The van der Waals surface area contributed by atoms with Crippen LogP contribution < -0.4 is 9.47 Å². The summed E-state index contributed by atoms with van der Waals surface area (Å²) in [7, 11) is 0. The van der Waals surface area contributed by atoms with Gasteiger partial charge in [-0.1, -0.05) is 12.1 Å². The van der Waals surface area contributed by atoms with Crippen molar-refractivity contribution < 1.29 is 18.7 Å². The Kier molecular flexibility index (Phi) is 4.87. The highest BCUT2D eigenvalue weighted by molar-refractivity contribution is 5.99. The number of amides is 1. The SMILES string of the molecule is O=C1c2cc3c(cc2CN1CCC1CCN(Cc2cccc(F)c2)CC1)OCO3. The molecule has 6 heteroatoms. The van der Waals surface area contributed by atoms with Crippen molar-refractivity contribution in [2.45, 2.75) is 32.4 Å². The molecule has 3 aliphatic heterocycles. The summed E-state index contributed by atoms with van der Waals surface area (Å²) in [5, 5.41) is 0. The van der Waals surface area contributed by atoms with Gasteiger partial charge in [0.05, 0.1) is 0 Å². The number of halogens is 1. The van der Waals surface area contributed by atoms with Crippen LogP contribution in [0.2, 0.25) is 0 Å². The molecule has 1 amide bonds. The third-order valence-corrected chi connectivity index (χ3v) is 6.29. The highest BCUT2D eigenvalue weighted by atomic mass is 19.1. The fourth-order valence-corrected chi connectivity index (χ4v) is 4.61.